The Hall–Kier alpha value is -2.76. The summed E-state index contributed by atoms with van der Waals surface area (Å²) in [5, 5.41) is 16.0. The van der Waals surface area contributed by atoms with Gasteiger partial charge in [-0.15, -0.1) is 15.3 Å². The second-order valence-electron chi connectivity index (χ2n) is 6.63. The highest BCUT2D eigenvalue weighted by atomic mass is 32.2. The number of methoxy groups -OCH3 is 1. The summed E-state index contributed by atoms with van der Waals surface area (Å²) < 4.78 is 34.5. The summed E-state index contributed by atoms with van der Waals surface area (Å²) in [6.45, 7) is 1.78. The van der Waals surface area contributed by atoms with Crippen molar-refractivity contribution in [2.24, 2.45) is 0 Å². The van der Waals surface area contributed by atoms with Crippen LogP contribution in [0.3, 0.4) is 0 Å². The second-order valence-corrected chi connectivity index (χ2v) is 8.37. The van der Waals surface area contributed by atoms with Crippen molar-refractivity contribution in [3.63, 3.8) is 0 Å². The van der Waals surface area contributed by atoms with Crippen molar-refractivity contribution in [1.29, 1.82) is 0 Å². The molecule has 0 spiro atoms. The van der Waals surface area contributed by atoms with Crippen molar-refractivity contribution < 1.29 is 13.2 Å². The molecule has 0 aliphatic carbocycles. The highest BCUT2D eigenvalue weighted by Crippen LogP contribution is 2.22. The van der Waals surface area contributed by atoms with E-state index in [1.165, 1.54) is 13.2 Å². The number of likely N-dealkylation sites (N-methyl/N-ethyl adjacent to an activating group) is 1. The van der Waals surface area contributed by atoms with Crippen molar-refractivity contribution in [3.8, 4) is 5.75 Å². The number of nitrogens with one attached hydrogen (secondary N) is 2. The Kier molecular flexibility index (Phi) is 6.62. The minimum atomic E-state index is -3.71. The fourth-order valence-electron chi connectivity index (χ4n) is 2.71. The largest absolute Gasteiger partial charge is 0.495 e. The zero-order chi connectivity index (χ0) is 20.9. The van der Waals surface area contributed by atoms with E-state index < -0.39 is 10.0 Å². The fourth-order valence-corrected chi connectivity index (χ4v) is 3.91. The molecule has 3 aromatic rings. The van der Waals surface area contributed by atoms with Crippen LogP contribution in [0.1, 0.15) is 5.82 Å². The summed E-state index contributed by atoms with van der Waals surface area (Å²) in [7, 11) is 1.73. The molecule has 2 heterocycles. The van der Waals surface area contributed by atoms with Crippen molar-refractivity contribution in [3.05, 3.63) is 42.2 Å². The molecule has 0 fully saturated rings. The van der Waals surface area contributed by atoms with Crippen LogP contribution in [0.15, 0.2) is 41.3 Å². The lowest BCUT2D eigenvalue weighted by Crippen LogP contribution is -2.27. The number of para-hydroxylation sites is 1. The Morgan fingerprint density at radius 2 is 1.90 bits per heavy atom. The van der Waals surface area contributed by atoms with Gasteiger partial charge in [0.05, 0.1) is 7.11 Å². The van der Waals surface area contributed by atoms with Gasteiger partial charge in [0.15, 0.2) is 11.5 Å². The van der Waals surface area contributed by atoms with Crippen LogP contribution in [-0.4, -0.2) is 74.0 Å². The van der Waals surface area contributed by atoms with E-state index in [2.05, 4.69) is 30.2 Å². The van der Waals surface area contributed by atoms with Crippen molar-refractivity contribution in [1.82, 2.24) is 29.4 Å². The standard InChI is InChI=1S/C18H25N7O3S/c1-24(2)13-12-19-16-8-9-17-21-22-18(25(17)23-16)10-11-20-29(26,27)15-7-5-4-6-14(15)28-3/h4-9,20H,10-13H2,1-3H3,(H,19,23). The molecular weight excluding hydrogens is 394 g/mol. The predicted molar refractivity (Wildman–Crippen MR) is 110 cm³/mol. The van der Waals surface area contributed by atoms with Gasteiger partial charge in [-0.1, -0.05) is 12.1 Å². The first-order valence-electron chi connectivity index (χ1n) is 9.13. The van der Waals surface area contributed by atoms with E-state index in [0.29, 0.717) is 29.5 Å². The topological polar surface area (TPSA) is 114 Å². The van der Waals surface area contributed by atoms with Crippen LogP contribution in [0.25, 0.3) is 5.65 Å². The molecule has 29 heavy (non-hydrogen) atoms. The molecule has 0 saturated carbocycles. The SMILES string of the molecule is COc1ccccc1S(=O)(=O)NCCc1nnc2ccc(NCCN(C)C)nn12. The van der Waals surface area contributed by atoms with Gasteiger partial charge in [0.1, 0.15) is 16.5 Å². The molecule has 1 aromatic carbocycles. The summed E-state index contributed by atoms with van der Waals surface area (Å²) in [4.78, 5) is 2.17. The van der Waals surface area contributed by atoms with E-state index in [-0.39, 0.29) is 11.4 Å². The number of sulfonamides is 1. The Morgan fingerprint density at radius 1 is 1.10 bits per heavy atom. The van der Waals surface area contributed by atoms with E-state index in [4.69, 9.17) is 4.74 Å². The van der Waals surface area contributed by atoms with E-state index >= 15 is 0 Å². The number of aromatic nitrogens is 4. The van der Waals surface area contributed by atoms with Crippen molar-refractivity contribution in [2.75, 3.05) is 46.2 Å². The lowest BCUT2D eigenvalue weighted by molar-refractivity contribution is 0.402. The third-order valence-corrected chi connectivity index (χ3v) is 5.69. The van der Waals surface area contributed by atoms with E-state index in [1.807, 2.05) is 26.2 Å². The monoisotopic (exact) mass is 419 g/mol. The smallest absolute Gasteiger partial charge is 0.244 e. The molecule has 0 bridgehead atoms. The van der Waals surface area contributed by atoms with Crippen LogP contribution in [0.5, 0.6) is 5.75 Å². The third-order valence-electron chi connectivity index (χ3n) is 4.19. The van der Waals surface area contributed by atoms with Crippen LogP contribution in [0.2, 0.25) is 0 Å². The van der Waals surface area contributed by atoms with Crippen LogP contribution in [-0.2, 0) is 16.4 Å². The van der Waals surface area contributed by atoms with Gasteiger partial charge < -0.3 is 15.0 Å². The molecule has 0 unspecified atom stereocenters. The number of fused-ring (bicyclic) bond motifs is 1. The number of hydrogen-bond acceptors (Lipinski definition) is 8. The number of benzene rings is 1. The molecule has 10 nitrogen and oxygen atoms in total. The van der Waals surface area contributed by atoms with Crippen LogP contribution in [0.4, 0.5) is 5.82 Å². The quantitative estimate of drug-likeness (QED) is 0.492. The van der Waals surface area contributed by atoms with Gasteiger partial charge in [-0.2, -0.15) is 4.52 Å². The van der Waals surface area contributed by atoms with E-state index in [1.54, 1.807) is 22.7 Å². The Morgan fingerprint density at radius 3 is 2.66 bits per heavy atom. The number of nitrogens with zero attached hydrogens (tertiary/aromatic N) is 5. The number of ether oxygens (including phenoxy) is 1. The van der Waals surface area contributed by atoms with E-state index in [0.717, 1.165) is 13.1 Å². The maximum atomic E-state index is 12.6. The molecule has 3 rings (SSSR count). The lowest BCUT2D eigenvalue weighted by atomic mass is 10.3. The van der Waals surface area contributed by atoms with Crippen molar-refractivity contribution >= 4 is 21.5 Å². The average Bonchev–Trinajstić information content (AvgIpc) is 3.10. The van der Waals surface area contributed by atoms with Crippen LogP contribution >= 0.6 is 0 Å². The summed E-state index contributed by atoms with van der Waals surface area (Å²) in [5.41, 5.74) is 0.603. The van der Waals surface area contributed by atoms with Gasteiger partial charge in [-0.05, 0) is 38.4 Å². The minimum absolute atomic E-state index is 0.0964. The first kappa shape index (κ1) is 21.0. The van der Waals surface area contributed by atoms with Gasteiger partial charge >= 0.3 is 0 Å². The normalized spacial score (nSPS) is 11.9. The highest BCUT2D eigenvalue weighted by molar-refractivity contribution is 7.89. The molecule has 2 aromatic heterocycles. The van der Waals surface area contributed by atoms with Gasteiger partial charge in [0, 0.05) is 26.1 Å². The Balaban J connectivity index is 1.67. The van der Waals surface area contributed by atoms with Crippen LogP contribution in [0, 0.1) is 0 Å². The van der Waals surface area contributed by atoms with Crippen LogP contribution < -0.4 is 14.8 Å². The summed E-state index contributed by atoms with van der Waals surface area (Å²) in [6.07, 6.45) is 0.337. The zero-order valence-electron chi connectivity index (χ0n) is 16.7. The van der Waals surface area contributed by atoms with E-state index in [9.17, 15) is 8.42 Å². The predicted octanol–water partition coefficient (Wildman–Crippen LogP) is 0.627. The number of hydrogen-bond donors (Lipinski definition) is 2. The van der Waals surface area contributed by atoms with Gasteiger partial charge in [-0.3, -0.25) is 0 Å². The molecule has 0 saturated heterocycles. The number of anilines is 1. The molecule has 0 amide bonds. The molecule has 0 radical (unpaired) electrons. The second kappa shape index (κ2) is 9.16. The summed E-state index contributed by atoms with van der Waals surface area (Å²) in [5.74, 6) is 1.57. The highest BCUT2D eigenvalue weighted by Gasteiger charge is 2.19. The molecule has 0 aliphatic rings. The molecule has 0 aliphatic heterocycles. The zero-order valence-corrected chi connectivity index (χ0v) is 17.5. The maximum absolute atomic E-state index is 12.6. The Bertz CT molecular complexity index is 1070. The maximum Gasteiger partial charge on any atom is 0.244 e. The van der Waals surface area contributed by atoms with Crippen molar-refractivity contribution in [2.45, 2.75) is 11.3 Å². The Labute approximate surface area is 169 Å². The van der Waals surface area contributed by atoms with Gasteiger partial charge in [0.25, 0.3) is 0 Å². The average molecular weight is 420 g/mol. The summed E-state index contributed by atoms with van der Waals surface area (Å²) >= 11 is 0. The molecule has 2 N–H and O–H groups in total. The minimum Gasteiger partial charge on any atom is -0.495 e. The first-order chi connectivity index (χ1) is 13.9. The lowest BCUT2D eigenvalue weighted by Gasteiger charge is -2.11. The first-order valence-corrected chi connectivity index (χ1v) is 10.6. The molecule has 0 atom stereocenters. The fraction of sp³-hybridized carbons (Fsp3) is 0.389. The third kappa shape index (κ3) is 5.19. The summed E-state index contributed by atoms with van der Waals surface area (Å²) in [6, 6.07) is 10.1. The van der Waals surface area contributed by atoms with Gasteiger partial charge in [-0.25, -0.2) is 13.1 Å². The van der Waals surface area contributed by atoms with Gasteiger partial charge in [0.2, 0.25) is 10.0 Å². The molecular formula is C18H25N7O3S. The molecule has 11 heteroatoms. The number of rotatable bonds is 10. The molecule has 156 valence electrons.